The molecule has 1 aromatic carbocycles. The molecule has 0 saturated heterocycles. The highest BCUT2D eigenvalue weighted by atomic mass is 19.3. The fraction of sp³-hybridized carbons (Fsp3) is 0.538. The van der Waals surface area contributed by atoms with Gasteiger partial charge in [-0.15, -0.1) is 0 Å². The van der Waals surface area contributed by atoms with E-state index in [0.29, 0.717) is 0 Å². The van der Waals surface area contributed by atoms with Crippen LogP contribution in [0.4, 0.5) is 8.78 Å². The molecule has 0 bridgehead atoms. The van der Waals surface area contributed by atoms with E-state index in [9.17, 15) is 8.78 Å². The van der Waals surface area contributed by atoms with E-state index in [0.717, 1.165) is 5.56 Å². The minimum Gasteiger partial charge on any atom is -0.302 e. The Kier molecular flexibility index (Phi) is 4.87. The standard InChI is InChI=1S/C13H19F2N/c1-9(2)12(16-10(3)13(14)15)11-7-5-4-6-8-11/h4-10,12-13,16H,1-3H3. The Bertz CT molecular complexity index is 298. The monoisotopic (exact) mass is 227 g/mol. The average molecular weight is 227 g/mol. The van der Waals surface area contributed by atoms with Crippen LogP contribution in [-0.4, -0.2) is 12.5 Å². The van der Waals surface area contributed by atoms with E-state index in [1.54, 1.807) is 0 Å². The summed E-state index contributed by atoms with van der Waals surface area (Å²) in [6.45, 7) is 5.58. The average Bonchev–Trinajstić information content (AvgIpc) is 2.26. The van der Waals surface area contributed by atoms with E-state index in [2.05, 4.69) is 5.32 Å². The van der Waals surface area contributed by atoms with Gasteiger partial charge in [0, 0.05) is 6.04 Å². The van der Waals surface area contributed by atoms with Crippen LogP contribution in [0.15, 0.2) is 30.3 Å². The van der Waals surface area contributed by atoms with E-state index in [1.165, 1.54) is 6.92 Å². The highest BCUT2D eigenvalue weighted by Crippen LogP contribution is 2.22. The molecule has 0 amide bonds. The lowest BCUT2D eigenvalue weighted by molar-refractivity contribution is 0.0959. The van der Waals surface area contributed by atoms with E-state index in [4.69, 9.17) is 0 Å². The number of rotatable bonds is 5. The number of hydrogen-bond acceptors (Lipinski definition) is 1. The lowest BCUT2D eigenvalue weighted by Gasteiger charge is -2.26. The topological polar surface area (TPSA) is 12.0 Å². The third-order valence-electron chi connectivity index (χ3n) is 2.65. The summed E-state index contributed by atoms with van der Waals surface area (Å²) < 4.78 is 25.0. The number of halogens is 2. The summed E-state index contributed by atoms with van der Waals surface area (Å²) in [4.78, 5) is 0. The quantitative estimate of drug-likeness (QED) is 0.810. The van der Waals surface area contributed by atoms with Crippen LogP contribution in [0.2, 0.25) is 0 Å². The van der Waals surface area contributed by atoms with Gasteiger partial charge in [-0.25, -0.2) is 8.78 Å². The Morgan fingerprint density at radius 1 is 1.00 bits per heavy atom. The van der Waals surface area contributed by atoms with Crippen molar-refractivity contribution in [1.29, 1.82) is 0 Å². The van der Waals surface area contributed by atoms with Crippen LogP contribution in [-0.2, 0) is 0 Å². The molecule has 2 atom stereocenters. The first-order chi connectivity index (χ1) is 7.52. The van der Waals surface area contributed by atoms with Gasteiger partial charge in [-0.1, -0.05) is 44.2 Å². The van der Waals surface area contributed by atoms with Crippen LogP contribution in [0.25, 0.3) is 0 Å². The zero-order valence-electron chi connectivity index (χ0n) is 9.95. The fourth-order valence-electron chi connectivity index (χ4n) is 1.69. The molecule has 3 heteroatoms. The maximum atomic E-state index is 12.5. The molecule has 1 rings (SSSR count). The summed E-state index contributed by atoms with van der Waals surface area (Å²) in [5, 5.41) is 2.98. The van der Waals surface area contributed by atoms with Crippen LogP contribution in [0, 0.1) is 5.92 Å². The second-order valence-corrected chi connectivity index (χ2v) is 4.42. The maximum Gasteiger partial charge on any atom is 0.253 e. The molecule has 0 aliphatic rings. The van der Waals surface area contributed by atoms with Gasteiger partial charge in [0.25, 0.3) is 6.43 Å². The number of alkyl halides is 2. The lowest BCUT2D eigenvalue weighted by atomic mass is 9.95. The molecule has 2 unspecified atom stereocenters. The molecule has 0 heterocycles. The van der Waals surface area contributed by atoms with E-state index in [-0.39, 0.29) is 12.0 Å². The predicted octanol–water partition coefficient (Wildman–Crippen LogP) is 3.63. The van der Waals surface area contributed by atoms with Gasteiger partial charge in [-0.2, -0.15) is 0 Å². The zero-order valence-corrected chi connectivity index (χ0v) is 9.95. The van der Waals surface area contributed by atoms with Crippen molar-refractivity contribution in [1.82, 2.24) is 5.32 Å². The summed E-state index contributed by atoms with van der Waals surface area (Å²) in [6, 6.07) is 8.92. The second kappa shape index (κ2) is 5.94. The van der Waals surface area contributed by atoms with Crippen molar-refractivity contribution in [3.8, 4) is 0 Å². The van der Waals surface area contributed by atoms with Crippen LogP contribution >= 0.6 is 0 Å². The molecule has 0 spiro atoms. The Morgan fingerprint density at radius 2 is 1.56 bits per heavy atom. The van der Waals surface area contributed by atoms with Crippen molar-refractivity contribution in [3.63, 3.8) is 0 Å². The molecular formula is C13H19F2N. The largest absolute Gasteiger partial charge is 0.302 e. The molecule has 0 saturated carbocycles. The molecular weight excluding hydrogens is 208 g/mol. The van der Waals surface area contributed by atoms with Crippen LogP contribution < -0.4 is 5.32 Å². The smallest absolute Gasteiger partial charge is 0.253 e. The van der Waals surface area contributed by atoms with Crippen molar-refractivity contribution in [2.75, 3.05) is 0 Å². The van der Waals surface area contributed by atoms with E-state index < -0.39 is 12.5 Å². The number of benzene rings is 1. The van der Waals surface area contributed by atoms with Crippen LogP contribution in [0.5, 0.6) is 0 Å². The molecule has 1 nitrogen and oxygen atoms in total. The van der Waals surface area contributed by atoms with Gasteiger partial charge in [-0.3, -0.25) is 0 Å². The van der Waals surface area contributed by atoms with Gasteiger partial charge < -0.3 is 5.32 Å². The molecule has 0 aromatic heterocycles. The Balaban J connectivity index is 2.77. The first kappa shape index (κ1) is 13.1. The summed E-state index contributed by atoms with van der Waals surface area (Å²) in [5.74, 6) is 0.281. The van der Waals surface area contributed by atoms with Crippen molar-refractivity contribution in [2.45, 2.75) is 39.3 Å². The first-order valence-corrected chi connectivity index (χ1v) is 5.61. The van der Waals surface area contributed by atoms with Crippen LogP contribution in [0.3, 0.4) is 0 Å². The first-order valence-electron chi connectivity index (χ1n) is 5.61. The van der Waals surface area contributed by atoms with E-state index >= 15 is 0 Å². The number of hydrogen-bond donors (Lipinski definition) is 1. The molecule has 0 radical (unpaired) electrons. The van der Waals surface area contributed by atoms with Crippen molar-refractivity contribution < 1.29 is 8.78 Å². The Hall–Kier alpha value is -0.960. The summed E-state index contributed by atoms with van der Waals surface area (Å²) >= 11 is 0. The summed E-state index contributed by atoms with van der Waals surface area (Å²) in [5.41, 5.74) is 1.06. The lowest BCUT2D eigenvalue weighted by Crippen LogP contribution is -2.37. The highest BCUT2D eigenvalue weighted by Gasteiger charge is 2.22. The molecule has 0 aliphatic carbocycles. The van der Waals surface area contributed by atoms with Gasteiger partial charge >= 0.3 is 0 Å². The van der Waals surface area contributed by atoms with Gasteiger partial charge in [0.15, 0.2) is 0 Å². The molecule has 0 fully saturated rings. The van der Waals surface area contributed by atoms with Crippen molar-refractivity contribution in [2.24, 2.45) is 5.92 Å². The third kappa shape index (κ3) is 3.56. The minimum absolute atomic E-state index is 0.0230. The number of nitrogens with one attached hydrogen (secondary N) is 1. The van der Waals surface area contributed by atoms with Gasteiger partial charge in [0.1, 0.15) is 0 Å². The SMILES string of the molecule is CC(C)C(NC(C)C(F)F)c1ccccc1. The van der Waals surface area contributed by atoms with Crippen molar-refractivity contribution >= 4 is 0 Å². The van der Waals surface area contributed by atoms with Crippen LogP contribution in [0.1, 0.15) is 32.4 Å². The molecule has 0 aliphatic heterocycles. The molecule has 1 N–H and O–H groups in total. The van der Waals surface area contributed by atoms with Gasteiger partial charge in [0.2, 0.25) is 0 Å². The molecule has 16 heavy (non-hydrogen) atoms. The minimum atomic E-state index is -2.33. The zero-order chi connectivity index (χ0) is 12.1. The third-order valence-corrected chi connectivity index (χ3v) is 2.65. The molecule has 1 aromatic rings. The van der Waals surface area contributed by atoms with Gasteiger partial charge in [-0.05, 0) is 18.4 Å². The summed E-state index contributed by atoms with van der Waals surface area (Å²) in [6.07, 6.45) is -2.33. The highest BCUT2D eigenvalue weighted by molar-refractivity contribution is 5.19. The fourth-order valence-corrected chi connectivity index (χ4v) is 1.69. The Morgan fingerprint density at radius 3 is 2.00 bits per heavy atom. The predicted molar refractivity (Wildman–Crippen MR) is 62.6 cm³/mol. The van der Waals surface area contributed by atoms with Crippen molar-refractivity contribution in [3.05, 3.63) is 35.9 Å². The van der Waals surface area contributed by atoms with E-state index in [1.807, 2.05) is 44.2 Å². The molecule has 90 valence electrons. The second-order valence-electron chi connectivity index (χ2n) is 4.42. The normalized spacial score (nSPS) is 15.4. The van der Waals surface area contributed by atoms with Gasteiger partial charge in [0.05, 0.1) is 6.04 Å². The Labute approximate surface area is 95.9 Å². The maximum absolute atomic E-state index is 12.5. The summed E-state index contributed by atoms with van der Waals surface area (Å²) in [7, 11) is 0.